The van der Waals surface area contributed by atoms with Crippen molar-refractivity contribution in [2.75, 3.05) is 38.6 Å². The highest BCUT2D eigenvalue weighted by atomic mass is 32.2. The Kier molecular flexibility index (Phi) is 5.76. The number of anilines is 1. The molecule has 0 aliphatic rings. The van der Waals surface area contributed by atoms with Crippen LogP contribution in [0.3, 0.4) is 0 Å². The van der Waals surface area contributed by atoms with E-state index in [1.54, 1.807) is 12.1 Å². The highest BCUT2D eigenvalue weighted by molar-refractivity contribution is 7.89. The number of nitrogens with two attached hydrogens (primary N) is 1. The Bertz CT molecular complexity index is 834. The first-order valence-electron chi connectivity index (χ1n) is 7.52. The minimum absolute atomic E-state index is 0.148. The predicted molar refractivity (Wildman–Crippen MR) is 95.5 cm³/mol. The summed E-state index contributed by atoms with van der Waals surface area (Å²) >= 11 is 0. The molecule has 0 radical (unpaired) electrons. The van der Waals surface area contributed by atoms with E-state index in [1.165, 1.54) is 6.07 Å². The maximum absolute atomic E-state index is 12.6. The Hall–Kier alpha value is -2.16. The number of rotatable bonds is 7. The van der Waals surface area contributed by atoms with E-state index in [2.05, 4.69) is 10.0 Å². The maximum atomic E-state index is 12.6. The first-order chi connectivity index (χ1) is 11.4. The predicted octanol–water partition coefficient (Wildman–Crippen LogP) is 0.259. The fourth-order valence-corrected chi connectivity index (χ4v) is 3.60. The molecule has 0 saturated carbocycles. The lowest BCUT2D eigenvalue weighted by molar-refractivity contribution is -0.119. The lowest BCUT2D eigenvalue weighted by Crippen LogP contribution is -2.38. The summed E-state index contributed by atoms with van der Waals surface area (Å²) in [6.07, 6.45) is 0. The van der Waals surface area contributed by atoms with Crippen LogP contribution in [0.4, 0.5) is 5.69 Å². The average Bonchev–Trinajstić information content (AvgIpc) is 2.56. The minimum atomic E-state index is -3.81. The number of sulfonamides is 1. The summed E-state index contributed by atoms with van der Waals surface area (Å²) in [5, 5.41) is 3.96. The van der Waals surface area contributed by atoms with Gasteiger partial charge in [-0.15, -0.1) is 0 Å². The van der Waals surface area contributed by atoms with Gasteiger partial charge in [-0.3, -0.25) is 4.79 Å². The van der Waals surface area contributed by atoms with Gasteiger partial charge in [0.25, 0.3) is 0 Å². The number of fused-ring (bicyclic) bond motifs is 1. The fraction of sp³-hybridized carbons (Fsp3) is 0.312. The van der Waals surface area contributed by atoms with E-state index in [0.717, 1.165) is 11.1 Å². The van der Waals surface area contributed by atoms with Crippen molar-refractivity contribution in [1.29, 1.82) is 0 Å². The van der Waals surface area contributed by atoms with Gasteiger partial charge in [0.15, 0.2) is 0 Å². The van der Waals surface area contributed by atoms with Crippen LogP contribution in [-0.2, 0) is 14.8 Å². The molecule has 2 aromatic carbocycles. The van der Waals surface area contributed by atoms with Gasteiger partial charge in [-0.1, -0.05) is 24.3 Å². The molecule has 1 amide bonds. The van der Waals surface area contributed by atoms with Crippen LogP contribution in [0.2, 0.25) is 0 Å². The molecule has 0 unspecified atom stereocenters. The number of benzene rings is 2. The number of amides is 1. The first kappa shape index (κ1) is 18.2. The molecule has 0 atom stereocenters. The van der Waals surface area contributed by atoms with Gasteiger partial charge >= 0.3 is 0 Å². The van der Waals surface area contributed by atoms with Crippen LogP contribution in [0.25, 0.3) is 10.8 Å². The lowest BCUT2D eigenvalue weighted by atomic mass is 10.1. The number of carbonyl (C=O) groups is 1. The third-order valence-electron chi connectivity index (χ3n) is 3.52. The molecular formula is C16H22N4O3S. The van der Waals surface area contributed by atoms with Crippen LogP contribution >= 0.6 is 0 Å². The highest BCUT2D eigenvalue weighted by Crippen LogP contribution is 2.29. The van der Waals surface area contributed by atoms with Crippen LogP contribution in [-0.4, -0.2) is 48.1 Å². The summed E-state index contributed by atoms with van der Waals surface area (Å²) in [4.78, 5) is 13.7. The molecule has 0 aliphatic heterocycles. The normalized spacial score (nSPS) is 11.5. The van der Waals surface area contributed by atoms with E-state index < -0.39 is 15.9 Å². The second-order valence-electron chi connectivity index (χ2n) is 5.49. The van der Waals surface area contributed by atoms with Gasteiger partial charge in [-0.05, 0) is 12.1 Å². The van der Waals surface area contributed by atoms with E-state index in [4.69, 9.17) is 5.73 Å². The Labute approximate surface area is 141 Å². The van der Waals surface area contributed by atoms with Gasteiger partial charge in [0.05, 0.1) is 11.4 Å². The van der Waals surface area contributed by atoms with E-state index in [0.29, 0.717) is 18.5 Å². The molecule has 0 heterocycles. The zero-order valence-corrected chi connectivity index (χ0v) is 14.6. The lowest BCUT2D eigenvalue weighted by Gasteiger charge is -2.17. The largest absolute Gasteiger partial charge is 0.377 e. The van der Waals surface area contributed by atoms with Gasteiger partial charge in [-0.25, -0.2) is 13.1 Å². The first-order valence-corrected chi connectivity index (χ1v) is 9.00. The molecule has 2 rings (SSSR count). The monoisotopic (exact) mass is 350 g/mol. The van der Waals surface area contributed by atoms with Crippen LogP contribution in [0.5, 0.6) is 0 Å². The topological polar surface area (TPSA) is 105 Å². The van der Waals surface area contributed by atoms with Crippen LogP contribution < -0.4 is 20.7 Å². The summed E-state index contributed by atoms with van der Waals surface area (Å²) < 4.78 is 27.5. The van der Waals surface area contributed by atoms with Crippen LogP contribution in [0.15, 0.2) is 41.3 Å². The number of hydrogen-bond acceptors (Lipinski definition) is 5. The summed E-state index contributed by atoms with van der Waals surface area (Å²) in [5.74, 6) is -0.418. The molecule has 0 fully saturated rings. The molecule has 4 N–H and O–H groups in total. The Morgan fingerprint density at radius 1 is 1.12 bits per heavy atom. The third-order valence-corrected chi connectivity index (χ3v) is 4.98. The van der Waals surface area contributed by atoms with E-state index in [9.17, 15) is 13.2 Å². The molecule has 0 aliphatic carbocycles. The van der Waals surface area contributed by atoms with Crippen molar-refractivity contribution in [2.45, 2.75) is 4.90 Å². The second-order valence-corrected chi connectivity index (χ2v) is 7.22. The second kappa shape index (κ2) is 7.61. The number of nitrogens with zero attached hydrogens (tertiary/aromatic N) is 1. The molecule has 0 aromatic heterocycles. The SMILES string of the molecule is CN(C)c1cccc2c(S(=O)(=O)NCC(=O)NCCN)cccc12. The minimum Gasteiger partial charge on any atom is -0.377 e. The van der Waals surface area contributed by atoms with Gasteiger partial charge < -0.3 is 16.0 Å². The van der Waals surface area contributed by atoms with Crippen molar-refractivity contribution in [2.24, 2.45) is 5.73 Å². The molecule has 0 saturated heterocycles. The van der Waals surface area contributed by atoms with Crippen molar-refractivity contribution in [3.8, 4) is 0 Å². The summed E-state index contributed by atoms with van der Waals surface area (Å²) in [6, 6.07) is 10.6. The molecular weight excluding hydrogens is 328 g/mol. The number of carbonyl (C=O) groups excluding carboxylic acids is 1. The van der Waals surface area contributed by atoms with Crippen molar-refractivity contribution in [3.05, 3.63) is 36.4 Å². The van der Waals surface area contributed by atoms with E-state index in [1.807, 2.05) is 37.2 Å². The molecule has 7 nitrogen and oxygen atoms in total. The third kappa shape index (κ3) is 4.02. The zero-order chi connectivity index (χ0) is 17.7. The van der Waals surface area contributed by atoms with Gasteiger partial charge in [0, 0.05) is 43.6 Å². The highest BCUT2D eigenvalue weighted by Gasteiger charge is 2.19. The van der Waals surface area contributed by atoms with Gasteiger partial charge in [-0.2, -0.15) is 0 Å². The summed E-state index contributed by atoms with van der Waals surface area (Å²) in [7, 11) is -0.0125. The standard InChI is InChI=1S/C16H22N4O3S/c1-20(2)14-7-3-6-13-12(14)5-4-8-15(13)24(22,23)19-11-16(21)18-10-9-17/h3-8,19H,9-11,17H2,1-2H3,(H,18,21). The maximum Gasteiger partial charge on any atom is 0.241 e. The van der Waals surface area contributed by atoms with Gasteiger partial charge in [0.2, 0.25) is 15.9 Å². The molecule has 24 heavy (non-hydrogen) atoms. The Morgan fingerprint density at radius 2 is 1.79 bits per heavy atom. The molecule has 8 heteroatoms. The van der Waals surface area contributed by atoms with Crippen molar-refractivity contribution < 1.29 is 13.2 Å². The fourth-order valence-electron chi connectivity index (χ4n) is 2.40. The van der Waals surface area contributed by atoms with Gasteiger partial charge in [0.1, 0.15) is 0 Å². The Balaban J connectivity index is 2.34. The van der Waals surface area contributed by atoms with Crippen molar-refractivity contribution in [3.63, 3.8) is 0 Å². The quantitative estimate of drug-likeness (QED) is 0.664. The van der Waals surface area contributed by atoms with E-state index in [-0.39, 0.29) is 11.4 Å². The molecule has 2 aromatic rings. The van der Waals surface area contributed by atoms with E-state index >= 15 is 0 Å². The smallest absolute Gasteiger partial charge is 0.241 e. The van der Waals surface area contributed by atoms with Crippen molar-refractivity contribution >= 4 is 32.4 Å². The number of hydrogen-bond donors (Lipinski definition) is 3. The Morgan fingerprint density at radius 3 is 2.46 bits per heavy atom. The number of nitrogens with one attached hydrogen (secondary N) is 2. The van der Waals surface area contributed by atoms with Crippen LogP contribution in [0.1, 0.15) is 0 Å². The molecule has 0 bridgehead atoms. The zero-order valence-electron chi connectivity index (χ0n) is 13.7. The van der Waals surface area contributed by atoms with Crippen molar-refractivity contribution in [1.82, 2.24) is 10.0 Å². The summed E-state index contributed by atoms with van der Waals surface area (Å²) in [6.45, 7) is 0.280. The van der Waals surface area contributed by atoms with Crippen LogP contribution in [0, 0.1) is 0 Å². The molecule has 0 spiro atoms. The molecule has 130 valence electrons. The summed E-state index contributed by atoms with van der Waals surface area (Å²) in [5.41, 5.74) is 6.21. The average molecular weight is 350 g/mol.